The molecule has 176 valence electrons. The second-order valence-corrected chi connectivity index (χ2v) is 9.70. The van der Waals surface area contributed by atoms with Crippen molar-refractivity contribution >= 4 is 34.4 Å². The van der Waals surface area contributed by atoms with Crippen LogP contribution in [0, 0.1) is 3.57 Å². The molecule has 1 aliphatic carbocycles. The van der Waals surface area contributed by atoms with Crippen molar-refractivity contribution in [3.05, 3.63) is 56.3 Å². The van der Waals surface area contributed by atoms with Crippen molar-refractivity contribution in [3.63, 3.8) is 0 Å². The molecule has 1 aromatic rings. The van der Waals surface area contributed by atoms with Crippen LogP contribution in [0.25, 0.3) is 0 Å². The molecule has 0 saturated carbocycles. The van der Waals surface area contributed by atoms with Crippen LogP contribution in [-0.2, 0) is 4.79 Å². The molecule has 3 heterocycles. The first-order chi connectivity index (χ1) is 15.8. The number of ether oxygens (including phenoxy) is 2. The molecular formula is C24H28IN3O5. The van der Waals surface area contributed by atoms with E-state index in [9.17, 15) is 14.7 Å². The van der Waals surface area contributed by atoms with Crippen LogP contribution in [0.5, 0.6) is 11.5 Å². The Hall–Kier alpha value is -2.37. The minimum absolute atomic E-state index is 0.262. The van der Waals surface area contributed by atoms with Gasteiger partial charge in [0.05, 0.1) is 31.5 Å². The quantitative estimate of drug-likeness (QED) is 0.487. The molecule has 2 atom stereocenters. The second-order valence-electron chi connectivity index (χ2n) is 8.53. The lowest BCUT2D eigenvalue weighted by Crippen LogP contribution is -2.57. The van der Waals surface area contributed by atoms with Crippen molar-refractivity contribution in [2.75, 3.05) is 47.9 Å². The van der Waals surface area contributed by atoms with Crippen molar-refractivity contribution in [2.24, 2.45) is 0 Å². The van der Waals surface area contributed by atoms with E-state index in [2.05, 4.69) is 22.6 Å². The van der Waals surface area contributed by atoms with Gasteiger partial charge in [-0.15, -0.1) is 0 Å². The Bertz CT molecular complexity index is 1080. The molecule has 3 aliphatic heterocycles. The van der Waals surface area contributed by atoms with Gasteiger partial charge in [0.2, 0.25) is 0 Å². The van der Waals surface area contributed by atoms with Crippen LogP contribution in [0.2, 0.25) is 0 Å². The summed E-state index contributed by atoms with van der Waals surface area (Å²) in [5.41, 5.74) is 2.60. The number of aliphatic hydroxyl groups is 1. The number of carbonyl (C=O) groups excluding carboxylic acids is 2. The van der Waals surface area contributed by atoms with Gasteiger partial charge in [-0.25, -0.2) is 0 Å². The van der Waals surface area contributed by atoms with Gasteiger partial charge in [0.25, 0.3) is 11.8 Å². The van der Waals surface area contributed by atoms with Crippen molar-refractivity contribution in [2.45, 2.75) is 18.6 Å². The summed E-state index contributed by atoms with van der Waals surface area (Å²) in [5.74, 6) is 0.315. The monoisotopic (exact) mass is 565 g/mol. The summed E-state index contributed by atoms with van der Waals surface area (Å²) in [7, 11) is 7.01. The normalized spacial score (nSPS) is 21.0. The summed E-state index contributed by atoms with van der Waals surface area (Å²) in [6, 6.07) is 3.14. The number of methoxy groups -OCH3 is 2. The Morgan fingerprint density at radius 1 is 1.21 bits per heavy atom. The third kappa shape index (κ3) is 4.29. The molecule has 8 nitrogen and oxygen atoms in total. The van der Waals surface area contributed by atoms with Crippen LogP contribution < -0.4 is 9.47 Å². The zero-order chi connectivity index (χ0) is 23.9. The number of aliphatic hydroxyl groups excluding tert-OH is 1. The smallest absolute Gasteiger partial charge is 0.259 e. The minimum atomic E-state index is -1.39. The molecule has 0 fully saturated rings. The van der Waals surface area contributed by atoms with Crippen molar-refractivity contribution < 1.29 is 24.2 Å². The maximum absolute atomic E-state index is 13.9. The molecule has 0 spiro atoms. The van der Waals surface area contributed by atoms with E-state index in [-0.39, 0.29) is 17.9 Å². The number of hydrogen-bond donors (Lipinski definition) is 1. The maximum atomic E-state index is 13.9. The fraction of sp³-hybridized carbons (Fsp3) is 0.417. The lowest BCUT2D eigenvalue weighted by molar-refractivity contribution is -0.141. The van der Waals surface area contributed by atoms with Crippen molar-refractivity contribution in [1.82, 2.24) is 14.7 Å². The molecule has 4 bridgehead atoms. The predicted molar refractivity (Wildman–Crippen MR) is 132 cm³/mol. The SMILES string of the molecule is COc1cc(I)c(C(=O)N(CCCN(C)C)C2=C3C=C4C=CC3N(C4)C(=O)C2O)cc1OC. The number of hydrogen-bond acceptors (Lipinski definition) is 6. The molecule has 4 aliphatic rings. The number of rotatable bonds is 8. The van der Waals surface area contributed by atoms with E-state index in [4.69, 9.17) is 9.47 Å². The first-order valence-corrected chi connectivity index (χ1v) is 11.8. The summed E-state index contributed by atoms with van der Waals surface area (Å²) in [4.78, 5) is 32.2. The Balaban J connectivity index is 1.80. The van der Waals surface area contributed by atoms with Gasteiger partial charge < -0.3 is 29.3 Å². The summed E-state index contributed by atoms with van der Waals surface area (Å²) in [5, 5.41) is 11.0. The predicted octanol–water partition coefficient (Wildman–Crippen LogP) is 2.04. The molecule has 0 radical (unpaired) electrons. The first-order valence-electron chi connectivity index (χ1n) is 10.8. The largest absolute Gasteiger partial charge is 0.493 e. The van der Waals surface area contributed by atoms with E-state index in [1.54, 1.807) is 29.0 Å². The lowest BCUT2D eigenvalue weighted by Gasteiger charge is -2.46. The molecule has 2 unspecified atom stereocenters. The molecule has 5 rings (SSSR count). The van der Waals surface area contributed by atoms with E-state index >= 15 is 0 Å². The number of benzene rings is 1. The van der Waals surface area contributed by atoms with Gasteiger partial charge in [0, 0.05) is 22.2 Å². The van der Waals surface area contributed by atoms with Crippen LogP contribution in [0.15, 0.2) is 47.2 Å². The average Bonchev–Trinajstić information content (AvgIpc) is 2.81. The third-order valence-corrected chi connectivity index (χ3v) is 7.03. The summed E-state index contributed by atoms with van der Waals surface area (Å²) < 4.78 is 11.5. The molecule has 33 heavy (non-hydrogen) atoms. The Morgan fingerprint density at radius 2 is 1.91 bits per heavy atom. The van der Waals surface area contributed by atoms with Crippen LogP contribution in [0.1, 0.15) is 16.8 Å². The molecule has 9 heteroatoms. The minimum Gasteiger partial charge on any atom is -0.493 e. The Kier molecular flexibility index (Phi) is 6.83. The van der Waals surface area contributed by atoms with Crippen molar-refractivity contribution in [3.8, 4) is 11.5 Å². The Labute approximate surface area is 207 Å². The van der Waals surface area contributed by atoms with Crippen LogP contribution in [0.3, 0.4) is 0 Å². The van der Waals surface area contributed by atoms with E-state index in [0.29, 0.717) is 45.8 Å². The van der Waals surface area contributed by atoms with E-state index in [0.717, 1.165) is 17.7 Å². The highest BCUT2D eigenvalue weighted by molar-refractivity contribution is 14.1. The molecule has 1 N–H and O–H groups in total. The zero-order valence-electron chi connectivity index (χ0n) is 19.2. The molecule has 2 amide bonds. The average molecular weight is 565 g/mol. The standard InChI is InChI=1S/C24H28IN3O5/c1-26(2)8-5-9-27(23(30)15-11-19(32-3)20(33-4)12-17(15)25)21-16-10-14-6-7-18(16)28(13-14)24(31)22(21)29/h6-7,10-12,18,22,29H,5,8-9,13H2,1-4H3. The van der Waals surface area contributed by atoms with Gasteiger partial charge in [-0.1, -0.05) is 12.2 Å². The van der Waals surface area contributed by atoms with E-state index < -0.39 is 6.10 Å². The molecule has 0 saturated heterocycles. The van der Waals surface area contributed by atoms with Gasteiger partial charge in [0.1, 0.15) is 0 Å². The highest BCUT2D eigenvalue weighted by atomic mass is 127. The Morgan fingerprint density at radius 3 is 2.55 bits per heavy atom. The van der Waals surface area contributed by atoms with E-state index in [1.165, 1.54) is 7.11 Å². The highest BCUT2D eigenvalue weighted by Gasteiger charge is 2.45. The van der Waals surface area contributed by atoms with Gasteiger partial charge >= 0.3 is 0 Å². The number of nitrogens with zero attached hydrogens (tertiary/aromatic N) is 3. The summed E-state index contributed by atoms with van der Waals surface area (Å²) in [6.45, 7) is 1.61. The topological polar surface area (TPSA) is 82.6 Å². The van der Waals surface area contributed by atoms with Crippen molar-refractivity contribution in [1.29, 1.82) is 0 Å². The first kappa shape index (κ1) is 23.8. The number of carbonyl (C=O) groups is 2. The molecular weight excluding hydrogens is 537 g/mol. The fourth-order valence-corrected chi connectivity index (χ4v) is 5.20. The zero-order valence-corrected chi connectivity index (χ0v) is 21.3. The van der Waals surface area contributed by atoms with E-state index in [1.807, 2.05) is 37.2 Å². The number of halogens is 1. The van der Waals surface area contributed by atoms with Crippen LogP contribution in [-0.4, -0.2) is 91.7 Å². The van der Waals surface area contributed by atoms with Gasteiger partial charge in [-0.2, -0.15) is 0 Å². The third-order valence-electron chi connectivity index (χ3n) is 6.14. The number of amides is 2. The second kappa shape index (κ2) is 9.47. The van der Waals surface area contributed by atoms with Crippen LogP contribution in [0.4, 0.5) is 0 Å². The highest BCUT2D eigenvalue weighted by Crippen LogP contribution is 2.39. The van der Waals surface area contributed by atoms with Gasteiger partial charge in [-0.05, 0) is 73.4 Å². The molecule has 0 aromatic heterocycles. The maximum Gasteiger partial charge on any atom is 0.259 e. The lowest BCUT2D eigenvalue weighted by atomic mass is 9.83. The summed E-state index contributed by atoms with van der Waals surface area (Å²) in [6.07, 6.45) is 5.25. The van der Waals surface area contributed by atoms with Gasteiger partial charge in [0.15, 0.2) is 17.6 Å². The fourth-order valence-electron chi connectivity index (χ4n) is 4.53. The van der Waals surface area contributed by atoms with Crippen LogP contribution >= 0.6 is 22.6 Å². The molecule has 1 aromatic carbocycles. The summed E-state index contributed by atoms with van der Waals surface area (Å²) >= 11 is 2.10. The van der Waals surface area contributed by atoms with Gasteiger partial charge in [-0.3, -0.25) is 9.59 Å².